The van der Waals surface area contributed by atoms with E-state index in [-0.39, 0.29) is 6.61 Å². The molecule has 17 heavy (non-hydrogen) atoms. The largest absolute Gasteiger partial charge is 0.496 e. The molecule has 0 spiro atoms. The van der Waals surface area contributed by atoms with Crippen LogP contribution in [0, 0.1) is 0 Å². The van der Waals surface area contributed by atoms with Gasteiger partial charge in [0.05, 0.1) is 19.8 Å². The van der Waals surface area contributed by atoms with Gasteiger partial charge < -0.3 is 9.47 Å². The van der Waals surface area contributed by atoms with Crippen LogP contribution in [-0.4, -0.2) is 19.5 Å². The van der Waals surface area contributed by atoms with Crippen LogP contribution in [0.2, 0.25) is 0 Å². The average molecular weight is 257 g/mol. The predicted molar refractivity (Wildman–Crippen MR) is 69.5 cm³/mol. The van der Waals surface area contributed by atoms with Gasteiger partial charge >= 0.3 is 0 Å². The van der Waals surface area contributed by atoms with Crippen LogP contribution in [0.3, 0.4) is 0 Å². The second-order valence-corrected chi connectivity index (χ2v) is 5.43. The zero-order valence-corrected chi connectivity index (χ0v) is 11.5. The molecular formula is C12H19NO3S. The van der Waals surface area contributed by atoms with Crippen molar-refractivity contribution in [2.75, 3.05) is 14.2 Å². The van der Waals surface area contributed by atoms with Gasteiger partial charge in [-0.25, -0.2) is 5.90 Å². The normalized spacial score (nSPS) is 10.7. The van der Waals surface area contributed by atoms with Gasteiger partial charge in [0.2, 0.25) is 0 Å². The van der Waals surface area contributed by atoms with Crippen molar-refractivity contribution < 1.29 is 14.3 Å². The van der Waals surface area contributed by atoms with Gasteiger partial charge in [0.1, 0.15) is 18.1 Å². The minimum Gasteiger partial charge on any atom is -0.496 e. The van der Waals surface area contributed by atoms with Crippen LogP contribution in [0.5, 0.6) is 11.5 Å². The third-order valence-electron chi connectivity index (χ3n) is 2.18. The lowest BCUT2D eigenvalue weighted by molar-refractivity contribution is 0.120. The molecule has 0 aliphatic heterocycles. The Morgan fingerprint density at radius 2 is 1.71 bits per heavy atom. The molecule has 0 radical (unpaired) electrons. The standard InChI is InChI=1S/C12H19NO3S/c1-8(2)17-9-5-11(14-3)10(7-16-13)12(6-9)15-4/h5-6,8H,7,13H2,1-4H3. The quantitative estimate of drug-likeness (QED) is 0.627. The summed E-state index contributed by atoms with van der Waals surface area (Å²) in [5.41, 5.74) is 0.825. The summed E-state index contributed by atoms with van der Waals surface area (Å²) in [7, 11) is 3.25. The first kappa shape index (κ1) is 14.2. The van der Waals surface area contributed by atoms with E-state index in [9.17, 15) is 0 Å². The second kappa shape index (κ2) is 6.74. The molecule has 0 aliphatic carbocycles. The minimum absolute atomic E-state index is 0.263. The molecule has 0 saturated heterocycles. The maximum atomic E-state index is 5.33. The molecule has 5 heteroatoms. The van der Waals surface area contributed by atoms with E-state index in [1.54, 1.807) is 26.0 Å². The summed E-state index contributed by atoms with van der Waals surface area (Å²) in [6, 6.07) is 3.95. The lowest BCUT2D eigenvalue weighted by atomic mass is 10.2. The van der Waals surface area contributed by atoms with E-state index in [0.717, 1.165) is 22.0 Å². The molecule has 0 bridgehead atoms. The highest BCUT2D eigenvalue weighted by atomic mass is 32.2. The molecule has 0 saturated carbocycles. The average Bonchev–Trinajstić information content (AvgIpc) is 2.30. The highest BCUT2D eigenvalue weighted by molar-refractivity contribution is 7.99. The van der Waals surface area contributed by atoms with Crippen molar-refractivity contribution in [3.8, 4) is 11.5 Å². The van der Waals surface area contributed by atoms with E-state index in [2.05, 4.69) is 18.7 Å². The summed E-state index contributed by atoms with van der Waals surface area (Å²) in [5.74, 6) is 6.58. The van der Waals surface area contributed by atoms with E-state index in [4.69, 9.17) is 15.4 Å². The van der Waals surface area contributed by atoms with Gasteiger partial charge in [0, 0.05) is 10.1 Å². The fourth-order valence-corrected chi connectivity index (χ4v) is 2.42. The van der Waals surface area contributed by atoms with Crippen LogP contribution in [0.4, 0.5) is 0 Å². The Morgan fingerprint density at radius 1 is 1.18 bits per heavy atom. The zero-order valence-electron chi connectivity index (χ0n) is 10.6. The molecule has 2 N–H and O–H groups in total. The molecule has 1 rings (SSSR count). The fraction of sp³-hybridized carbons (Fsp3) is 0.500. The first-order valence-corrected chi connectivity index (χ1v) is 6.23. The molecule has 1 aromatic carbocycles. The van der Waals surface area contributed by atoms with E-state index < -0.39 is 0 Å². The highest BCUT2D eigenvalue weighted by Crippen LogP contribution is 2.36. The van der Waals surface area contributed by atoms with Gasteiger partial charge in [-0.1, -0.05) is 13.8 Å². The lowest BCUT2D eigenvalue weighted by Crippen LogP contribution is -2.04. The van der Waals surface area contributed by atoms with Crippen molar-refractivity contribution in [1.82, 2.24) is 0 Å². The van der Waals surface area contributed by atoms with Gasteiger partial charge in [-0.3, -0.25) is 4.84 Å². The third kappa shape index (κ3) is 3.80. The molecule has 0 atom stereocenters. The van der Waals surface area contributed by atoms with E-state index in [0.29, 0.717) is 5.25 Å². The summed E-state index contributed by atoms with van der Waals surface area (Å²) in [4.78, 5) is 5.77. The van der Waals surface area contributed by atoms with Crippen LogP contribution in [0.15, 0.2) is 17.0 Å². The van der Waals surface area contributed by atoms with Crippen molar-refractivity contribution in [2.24, 2.45) is 5.90 Å². The van der Waals surface area contributed by atoms with Gasteiger partial charge in [0.15, 0.2) is 0 Å². The molecule has 96 valence electrons. The van der Waals surface area contributed by atoms with Crippen molar-refractivity contribution >= 4 is 11.8 Å². The first-order valence-electron chi connectivity index (χ1n) is 5.35. The molecule has 4 nitrogen and oxygen atoms in total. The number of thioether (sulfide) groups is 1. The van der Waals surface area contributed by atoms with Gasteiger partial charge in [-0.2, -0.15) is 0 Å². The number of ether oxygens (including phenoxy) is 2. The second-order valence-electron chi connectivity index (χ2n) is 3.78. The summed E-state index contributed by atoms with van der Waals surface area (Å²) in [6.07, 6.45) is 0. The lowest BCUT2D eigenvalue weighted by Gasteiger charge is -2.15. The molecule has 1 aromatic rings. The predicted octanol–water partition coefficient (Wildman–Crippen LogP) is 2.59. The van der Waals surface area contributed by atoms with Crippen molar-refractivity contribution in [3.05, 3.63) is 17.7 Å². The minimum atomic E-state index is 0.263. The Kier molecular flexibility index (Phi) is 5.61. The number of hydrogen-bond acceptors (Lipinski definition) is 5. The van der Waals surface area contributed by atoms with E-state index in [1.165, 1.54) is 0 Å². The zero-order chi connectivity index (χ0) is 12.8. The Balaban J connectivity index is 3.13. The van der Waals surface area contributed by atoms with Crippen molar-refractivity contribution in [3.63, 3.8) is 0 Å². The Labute approximate surface area is 106 Å². The summed E-state index contributed by atoms with van der Waals surface area (Å²) in [5, 5.41) is 0.501. The Bertz CT molecular complexity index is 344. The number of hydrogen-bond donors (Lipinski definition) is 1. The fourth-order valence-electron chi connectivity index (χ4n) is 1.53. The number of benzene rings is 1. The SMILES string of the molecule is COc1cc(SC(C)C)cc(OC)c1CON. The van der Waals surface area contributed by atoms with Crippen LogP contribution < -0.4 is 15.4 Å². The van der Waals surface area contributed by atoms with Gasteiger partial charge in [-0.05, 0) is 12.1 Å². The van der Waals surface area contributed by atoms with E-state index in [1.807, 2.05) is 12.1 Å². The maximum absolute atomic E-state index is 5.33. The van der Waals surface area contributed by atoms with Crippen LogP contribution in [0.25, 0.3) is 0 Å². The first-order chi connectivity index (χ1) is 8.12. The molecule has 0 aliphatic rings. The monoisotopic (exact) mass is 257 g/mol. The third-order valence-corrected chi connectivity index (χ3v) is 3.16. The number of rotatable bonds is 6. The van der Waals surface area contributed by atoms with Gasteiger partial charge in [0.25, 0.3) is 0 Å². The molecular weight excluding hydrogens is 238 g/mol. The van der Waals surface area contributed by atoms with Crippen molar-refractivity contribution in [2.45, 2.75) is 30.6 Å². The van der Waals surface area contributed by atoms with Crippen molar-refractivity contribution in [1.29, 1.82) is 0 Å². The topological polar surface area (TPSA) is 53.7 Å². The molecule has 0 heterocycles. The van der Waals surface area contributed by atoms with E-state index >= 15 is 0 Å². The number of methoxy groups -OCH3 is 2. The molecule has 0 aromatic heterocycles. The Morgan fingerprint density at radius 3 is 2.06 bits per heavy atom. The summed E-state index contributed by atoms with van der Waals surface area (Å²) >= 11 is 1.75. The highest BCUT2D eigenvalue weighted by Gasteiger charge is 2.13. The summed E-state index contributed by atoms with van der Waals surface area (Å²) in [6.45, 7) is 4.54. The molecule has 0 unspecified atom stereocenters. The van der Waals surface area contributed by atoms with Gasteiger partial charge in [-0.15, -0.1) is 11.8 Å². The molecule has 0 amide bonds. The Hall–Kier alpha value is -0.910. The van der Waals surface area contributed by atoms with Crippen LogP contribution >= 0.6 is 11.8 Å². The smallest absolute Gasteiger partial charge is 0.129 e. The maximum Gasteiger partial charge on any atom is 0.129 e. The molecule has 0 fully saturated rings. The van der Waals surface area contributed by atoms with Crippen LogP contribution in [-0.2, 0) is 11.4 Å². The summed E-state index contributed by atoms with van der Waals surface area (Å²) < 4.78 is 10.7. The van der Waals surface area contributed by atoms with Crippen LogP contribution in [0.1, 0.15) is 19.4 Å². The number of nitrogens with two attached hydrogens (primary N) is 1.